The Morgan fingerprint density at radius 1 is 1.24 bits per heavy atom. The molecule has 4 heteroatoms. The van der Waals surface area contributed by atoms with Crippen molar-refractivity contribution in [1.29, 1.82) is 0 Å². The number of rotatable bonds is 6. The van der Waals surface area contributed by atoms with Crippen LogP contribution in [0.5, 0.6) is 5.75 Å². The third kappa shape index (κ3) is 4.47. The summed E-state index contributed by atoms with van der Waals surface area (Å²) in [5.74, 6) is 0.848. The minimum absolute atomic E-state index is 0.296. The molecule has 0 heterocycles. The Kier molecular flexibility index (Phi) is 6.09. The molecule has 0 aliphatic carbocycles. The smallest absolute Gasteiger partial charge is 0.133 e. The number of hydrogen-bond donors (Lipinski definition) is 1. The van der Waals surface area contributed by atoms with Gasteiger partial charge in [0, 0.05) is 17.6 Å². The van der Waals surface area contributed by atoms with Crippen LogP contribution >= 0.6 is 27.5 Å². The summed E-state index contributed by atoms with van der Waals surface area (Å²) in [6.07, 6.45) is 1.01. The Morgan fingerprint density at radius 3 is 2.67 bits per heavy atom. The lowest BCUT2D eigenvalue weighted by Gasteiger charge is -2.18. The van der Waals surface area contributed by atoms with Crippen molar-refractivity contribution in [2.45, 2.75) is 25.9 Å². The van der Waals surface area contributed by atoms with Gasteiger partial charge in [-0.3, -0.25) is 0 Å². The van der Waals surface area contributed by atoms with Crippen molar-refractivity contribution >= 4 is 27.5 Å². The Morgan fingerprint density at radius 2 is 2.05 bits per heavy atom. The Bertz CT molecular complexity index is 603. The maximum Gasteiger partial charge on any atom is 0.133 e. The zero-order valence-electron chi connectivity index (χ0n) is 12.2. The van der Waals surface area contributed by atoms with E-state index in [1.807, 2.05) is 24.3 Å². The standard InChI is InChI=1S/C17H19BrClNO/c1-3-16(13-5-4-6-14(19)10-13)20-11-12-7-8-17(21-2)15(18)9-12/h4-10,16,20H,3,11H2,1-2H3. The summed E-state index contributed by atoms with van der Waals surface area (Å²) in [6.45, 7) is 2.97. The molecule has 0 spiro atoms. The Labute approximate surface area is 139 Å². The highest BCUT2D eigenvalue weighted by Crippen LogP contribution is 2.26. The topological polar surface area (TPSA) is 21.3 Å². The molecule has 1 unspecified atom stereocenters. The number of halogens is 2. The molecule has 0 saturated heterocycles. The second-order valence-corrected chi connectivity index (χ2v) is 6.16. The van der Waals surface area contributed by atoms with Gasteiger partial charge < -0.3 is 10.1 Å². The molecule has 1 N–H and O–H groups in total. The molecule has 0 radical (unpaired) electrons. The number of hydrogen-bond acceptors (Lipinski definition) is 2. The van der Waals surface area contributed by atoms with Crippen LogP contribution in [-0.2, 0) is 6.54 Å². The summed E-state index contributed by atoms with van der Waals surface area (Å²) in [5, 5.41) is 4.35. The van der Waals surface area contributed by atoms with Gasteiger partial charge in [-0.15, -0.1) is 0 Å². The summed E-state index contributed by atoms with van der Waals surface area (Å²) < 4.78 is 6.22. The zero-order chi connectivity index (χ0) is 15.2. The van der Waals surface area contributed by atoms with E-state index in [9.17, 15) is 0 Å². The van der Waals surface area contributed by atoms with Crippen LogP contribution in [0.2, 0.25) is 5.02 Å². The summed E-state index contributed by atoms with van der Waals surface area (Å²) in [4.78, 5) is 0. The van der Waals surface area contributed by atoms with Gasteiger partial charge in [-0.1, -0.05) is 36.7 Å². The average Bonchev–Trinajstić information content (AvgIpc) is 2.48. The van der Waals surface area contributed by atoms with E-state index in [-0.39, 0.29) is 0 Å². The maximum atomic E-state index is 6.07. The molecule has 0 fully saturated rings. The molecule has 0 saturated carbocycles. The minimum Gasteiger partial charge on any atom is -0.496 e. The normalized spacial score (nSPS) is 12.2. The summed E-state index contributed by atoms with van der Waals surface area (Å²) in [5.41, 5.74) is 2.43. The second kappa shape index (κ2) is 7.83. The number of methoxy groups -OCH3 is 1. The second-order valence-electron chi connectivity index (χ2n) is 4.87. The van der Waals surface area contributed by atoms with Crippen LogP contribution < -0.4 is 10.1 Å². The third-order valence-electron chi connectivity index (χ3n) is 3.43. The summed E-state index contributed by atoms with van der Waals surface area (Å²) in [7, 11) is 1.67. The van der Waals surface area contributed by atoms with E-state index in [0.717, 1.165) is 28.2 Å². The summed E-state index contributed by atoms with van der Waals surface area (Å²) >= 11 is 9.58. The molecular formula is C17H19BrClNO. The van der Waals surface area contributed by atoms with Crippen LogP contribution in [0.3, 0.4) is 0 Å². The van der Waals surface area contributed by atoms with Crippen LogP contribution in [0.1, 0.15) is 30.5 Å². The first-order valence-corrected chi connectivity index (χ1v) is 8.12. The first-order chi connectivity index (χ1) is 10.1. The molecule has 2 nitrogen and oxygen atoms in total. The van der Waals surface area contributed by atoms with E-state index < -0.39 is 0 Å². The molecule has 0 aliphatic rings. The van der Waals surface area contributed by atoms with Gasteiger partial charge in [-0.2, -0.15) is 0 Å². The molecule has 2 aromatic carbocycles. The highest BCUT2D eigenvalue weighted by atomic mass is 79.9. The van der Waals surface area contributed by atoms with Crippen molar-refractivity contribution in [3.8, 4) is 5.75 Å². The van der Waals surface area contributed by atoms with Crippen molar-refractivity contribution in [1.82, 2.24) is 5.32 Å². The lowest BCUT2D eigenvalue weighted by Crippen LogP contribution is -2.20. The molecule has 0 aromatic heterocycles. The molecule has 0 bridgehead atoms. The van der Waals surface area contributed by atoms with E-state index in [4.69, 9.17) is 16.3 Å². The van der Waals surface area contributed by atoms with Gasteiger partial charge in [0.25, 0.3) is 0 Å². The molecule has 0 amide bonds. The fraction of sp³-hybridized carbons (Fsp3) is 0.294. The predicted octanol–water partition coefficient (Wildman–Crippen LogP) is 5.35. The van der Waals surface area contributed by atoms with E-state index >= 15 is 0 Å². The largest absolute Gasteiger partial charge is 0.496 e. The average molecular weight is 369 g/mol. The molecule has 21 heavy (non-hydrogen) atoms. The summed E-state index contributed by atoms with van der Waals surface area (Å²) in [6, 6.07) is 14.4. The van der Waals surface area contributed by atoms with Crippen LogP contribution in [-0.4, -0.2) is 7.11 Å². The minimum atomic E-state index is 0.296. The van der Waals surface area contributed by atoms with E-state index in [1.165, 1.54) is 11.1 Å². The Balaban J connectivity index is 2.05. The van der Waals surface area contributed by atoms with Gasteiger partial charge >= 0.3 is 0 Å². The SMILES string of the molecule is CCC(NCc1ccc(OC)c(Br)c1)c1cccc(Cl)c1. The van der Waals surface area contributed by atoms with Crippen LogP contribution in [0, 0.1) is 0 Å². The fourth-order valence-electron chi connectivity index (χ4n) is 2.28. The van der Waals surface area contributed by atoms with Crippen molar-refractivity contribution in [2.24, 2.45) is 0 Å². The van der Waals surface area contributed by atoms with Crippen molar-refractivity contribution < 1.29 is 4.74 Å². The van der Waals surface area contributed by atoms with Crippen molar-refractivity contribution in [3.05, 3.63) is 63.1 Å². The van der Waals surface area contributed by atoms with E-state index in [2.05, 4.69) is 46.4 Å². The quantitative estimate of drug-likeness (QED) is 0.742. The molecule has 2 aromatic rings. The third-order valence-corrected chi connectivity index (χ3v) is 4.28. The van der Waals surface area contributed by atoms with Gasteiger partial charge in [0.1, 0.15) is 5.75 Å². The molecule has 0 aliphatic heterocycles. The molecular weight excluding hydrogens is 350 g/mol. The van der Waals surface area contributed by atoms with Gasteiger partial charge in [0.2, 0.25) is 0 Å². The lowest BCUT2D eigenvalue weighted by atomic mass is 10.0. The first kappa shape index (κ1) is 16.3. The Hall–Kier alpha value is -1.03. The zero-order valence-corrected chi connectivity index (χ0v) is 14.5. The lowest BCUT2D eigenvalue weighted by molar-refractivity contribution is 0.412. The van der Waals surface area contributed by atoms with Gasteiger partial charge in [-0.25, -0.2) is 0 Å². The number of ether oxygens (including phenoxy) is 1. The van der Waals surface area contributed by atoms with Gasteiger partial charge in [-0.05, 0) is 57.7 Å². The van der Waals surface area contributed by atoms with Gasteiger partial charge in [0.15, 0.2) is 0 Å². The van der Waals surface area contributed by atoms with Crippen LogP contribution in [0.15, 0.2) is 46.9 Å². The van der Waals surface area contributed by atoms with Crippen LogP contribution in [0.4, 0.5) is 0 Å². The monoisotopic (exact) mass is 367 g/mol. The fourth-order valence-corrected chi connectivity index (χ4v) is 3.07. The first-order valence-electron chi connectivity index (χ1n) is 6.95. The number of nitrogens with one attached hydrogen (secondary N) is 1. The van der Waals surface area contributed by atoms with Gasteiger partial charge in [0.05, 0.1) is 11.6 Å². The van der Waals surface area contributed by atoms with Crippen LogP contribution in [0.25, 0.3) is 0 Å². The predicted molar refractivity (Wildman–Crippen MR) is 92.0 cm³/mol. The van der Waals surface area contributed by atoms with Crippen molar-refractivity contribution in [3.63, 3.8) is 0 Å². The highest BCUT2D eigenvalue weighted by molar-refractivity contribution is 9.10. The highest BCUT2D eigenvalue weighted by Gasteiger charge is 2.09. The van der Waals surface area contributed by atoms with E-state index in [1.54, 1.807) is 7.11 Å². The maximum absolute atomic E-state index is 6.07. The molecule has 112 valence electrons. The molecule has 2 rings (SSSR count). The molecule has 1 atom stereocenters. The van der Waals surface area contributed by atoms with E-state index in [0.29, 0.717) is 6.04 Å². The number of benzene rings is 2. The van der Waals surface area contributed by atoms with Crippen molar-refractivity contribution in [2.75, 3.05) is 7.11 Å².